The van der Waals surface area contributed by atoms with Crippen molar-refractivity contribution >= 4 is 23.6 Å². The number of likely N-dealkylation sites (tertiary alicyclic amines) is 1. The van der Waals surface area contributed by atoms with Crippen LogP contribution in [0.4, 0.5) is 0 Å². The number of esters is 1. The smallest absolute Gasteiger partial charge is 0.308 e. The van der Waals surface area contributed by atoms with Crippen LogP contribution in [0.1, 0.15) is 19.8 Å². The highest BCUT2D eigenvalue weighted by Gasteiger charge is 2.29. The third-order valence-electron chi connectivity index (χ3n) is 3.74. The standard InChI is InChI=1S/C16H21NO3S/c1-12(21-14-6-4-3-5-7-14)15(18)17-10-8-13(9-11-17)16(19)20-2/h3-7,12-13H,8-11H2,1-2H3/t12-/m0/s1. The minimum atomic E-state index is -0.159. The molecule has 0 bridgehead atoms. The average Bonchev–Trinajstić information content (AvgIpc) is 2.54. The summed E-state index contributed by atoms with van der Waals surface area (Å²) in [6, 6.07) is 9.94. The number of piperidine rings is 1. The first-order valence-corrected chi connectivity index (χ1v) is 8.08. The lowest BCUT2D eigenvalue weighted by Crippen LogP contribution is -2.43. The maximum absolute atomic E-state index is 12.4. The van der Waals surface area contributed by atoms with Crippen molar-refractivity contribution in [1.29, 1.82) is 0 Å². The van der Waals surface area contributed by atoms with Crippen molar-refractivity contribution in [2.24, 2.45) is 5.92 Å². The van der Waals surface area contributed by atoms with E-state index in [1.165, 1.54) is 7.11 Å². The summed E-state index contributed by atoms with van der Waals surface area (Å²) in [7, 11) is 1.42. The number of amides is 1. The molecule has 1 aliphatic rings. The minimum absolute atomic E-state index is 0.0591. The van der Waals surface area contributed by atoms with Crippen LogP contribution in [0.5, 0.6) is 0 Å². The van der Waals surface area contributed by atoms with E-state index < -0.39 is 0 Å². The van der Waals surface area contributed by atoms with Gasteiger partial charge in [-0.3, -0.25) is 9.59 Å². The zero-order chi connectivity index (χ0) is 15.2. The van der Waals surface area contributed by atoms with Crippen molar-refractivity contribution in [2.45, 2.75) is 29.9 Å². The number of ether oxygens (including phenoxy) is 1. The Morgan fingerprint density at radius 2 is 1.86 bits per heavy atom. The third-order valence-corrected chi connectivity index (χ3v) is 4.84. The number of hydrogen-bond acceptors (Lipinski definition) is 4. The summed E-state index contributed by atoms with van der Waals surface area (Å²) in [4.78, 5) is 26.9. The summed E-state index contributed by atoms with van der Waals surface area (Å²) in [5, 5.41) is -0.109. The predicted molar refractivity (Wildman–Crippen MR) is 83.1 cm³/mol. The topological polar surface area (TPSA) is 46.6 Å². The fraction of sp³-hybridized carbons (Fsp3) is 0.500. The van der Waals surface area contributed by atoms with Crippen molar-refractivity contribution in [3.8, 4) is 0 Å². The Balaban J connectivity index is 1.85. The largest absolute Gasteiger partial charge is 0.469 e. The van der Waals surface area contributed by atoms with Gasteiger partial charge in [-0.05, 0) is 31.9 Å². The van der Waals surface area contributed by atoms with Crippen LogP contribution in [-0.4, -0.2) is 42.2 Å². The summed E-state index contributed by atoms with van der Waals surface area (Å²) in [5.74, 6) is -0.0721. The van der Waals surface area contributed by atoms with E-state index >= 15 is 0 Å². The number of carbonyl (C=O) groups is 2. The molecule has 114 valence electrons. The molecule has 1 fully saturated rings. The van der Waals surface area contributed by atoms with E-state index in [9.17, 15) is 9.59 Å². The fourth-order valence-corrected chi connectivity index (χ4v) is 3.49. The van der Waals surface area contributed by atoms with Gasteiger partial charge in [0.1, 0.15) is 0 Å². The SMILES string of the molecule is COC(=O)C1CCN(C(=O)[C@H](C)Sc2ccccc2)CC1. The number of methoxy groups -OCH3 is 1. The second-order valence-electron chi connectivity index (χ2n) is 5.20. The molecule has 0 spiro atoms. The molecule has 0 radical (unpaired) electrons. The molecular weight excluding hydrogens is 286 g/mol. The maximum atomic E-state index is 12.4. The molecule has 1 atom stereocenters. The normalized spacial score (nSPS) is 17.3. The summed E-state index contributed by atoms with van der Waals surface area (Å²) in [6.07, 6.45) is 1.39. The molecule has 1 heterocycles. The van der Waals surface area contributed by atoms with Gasteiger partial charge in [0.2, 0.25) is 5.91 Å². The second kappa shape index (κ2) is 7.50. The number of carbonyl (C=O) groups excluding carboxylic acids is 2. The first-order chi connectivity index (χ1) is 10.1. The van der Waals surface area contributed by atoms with Gasteiger partial charge in [0.25, 0.3) is 0 Å². The lowest BCUT2D eigenvalue weighted by atomic mass is 9.97. The van der Waals surface area contributed by atoms with Crippen LogP contribution in [0.25, 0.3) is 0 Å². The van der Waals surface area contributed by atoms with Crippen LogP contribution in [0, 0.1) is 5.92 Å². The van der Waals surface area contributed by atoms with Gasteiger partial charge in [-0.25, -0.2) is 0 Å². The van der Waals surface area contributed by atoms with Crippen molar-refractivity contribution in [2.75, 3.05) is 20.2 Å². The molecule has 21 heavy (non-hydrogen) atoms. The van der Waals surface area contributed by atoms with Crippen LogP contribution < -0.4 is 0 Å². The quantitative estimate of drug-likeness (QED) is 0.633. The molecule has 1 amide bonds. The van der Waals surface area contributed by atoms with Gasteiger partial charge in [-0.15, -0.1) is 11.8 Å². The Kier molecular flexibility index (Phi) is 5.67. The molecule has 0 unspecified atom stereocenters. The predicted octanol–water partition coefficient (Wildman–Crippen LogP) is 2.58. The molecular formula is C16H21NO3S. The van der Waals surface area contributed by atoms with Crippen LogP contribution in [-0.2, 0) is 14.3 Å². The van der Waals surface area contributed by atoms with Gasteiger partial charge in [0, 0.05) is 18.0 Å². The molecule has 1 aromatic carbocycles. The summed E-state index contributed by atoms with van der Waals surface area (Å²) < 4.78 is 4.77. The van der Waals surface area contributed by atoms with E-state index in [2.05, 4.69) is 0 Å². The molecule has 5 heteroatoms. The van der Waals surface area contributed by atoms with Gasteiger partial charge in [0.15, 0.2) is 0 Å². The zero-order valence-electron chi connectivity index (χ0n) is 12.5. The van der Waals surface area contributed by atoms with E-state index in [1.54, 1.807) is 11.8 Å². The van der Waals surface area contributed by atoms with Gasteiger partial charge in [-0.1, -0.05) is 18.2 Å². The molecule has 1 aromatic rings. The molecule has 0 aliphatic carbocycles. The van der Waals surface area contributed by atoms with Crippen LogP contribution >= 0.6 is 11.8 Å². The molecule has 1 saturated heterocycles. The first-order valence-electron chi connectivity index (χ1n) is 7.20. The summed E-state index contributed by atoms with van der Waals surface area (Å²) in [5.41, 5.74) is 0. The van der Waals surface area contributed by atoms with Crippen molar-refractivity contribution < 1.29 is 14.3 Å². The highest BCUT2D eigenvalue weighted by Crippen LogP contribution is 2.26. The van der Waals surface area contributed by atoms with Gasteiger partial charge in [-0.2, -0.15) is 0 Å². The maximum Gasteiger partial charge on any atom is 0.308 e. The Bertz CT molecular complexity index is 484. The lowest BCUT2D eigenvalue weighted by Gasteiger charge is -2.32. The van der Waals surface area contributed by atoms with E-state index in [-0.39, 0.29) is 23.0 Å². The van der Waals surface area contributed by atoms with E-state index in [0.29, 0.717) is 25.9 Å². The first kappa shape index (κ1) is 15.9. The number of thioether (sulfide) groups is 1. The zero-order valence-corrected chi connectivity index (χ0v) is 13.3. The lowest BCUT2D eigenvalue weighted by molar-refractivity contribution is -0.148. The summed E-state index contributed by atoms with van der Waals surface area (Å²) in [6.45, 7) is 3.21. The number of rotatable bonds is 4. The van der Waals surface area contributed by atoms with Crippen LogP contribution in [0.15, 0.2) is 35.2 Å². The van der Waals surface area contributed by atoms with Crippen molar-refractivity contribution in [3.05, 3.63) is 30.3 Å². The Hall–Kier alpha value is -1.49. The van der Waals surface area contributed by atoms with E-state index in [0.717, 1.165) is 4.90 Å². The average molecular weight is 307 g/mol. The highest BCUT2D eigenvalue weighted by atomic mass is 32.2. The molecule has 1 aliphatic heterocycles. The molecule has 0 aromatic heterocycles. The number of hydrogen-bond donors (Lipinski definition) is 0. The Morgan fingerprint density at radius 1 is 1.24 bits per heavy atom. The molecule has 0 saturated carbocycles. The van der Waals surface area contributed by atoms with Crippen LogP contribution in [0.2, 0.25) is 0 Å². The number of nitrogens with zero attached hydrogens (tertiary/aromatic N) is 1. The Morgan fingerprint density at radius 3 is 2.43 bits per heavy atom. The number of benzene rings is 1. The van der Waals surface area contributed by atoms with Gasteiger partial charge >= 0.3 is 5.97 Å². The van der Waals surface area contributed by atoms with Crippen molar-refractivity contribution in [3.63, 3.8) is 0 Å². The molecule has 2 rings (SSSR count). The van der Waals surface area contributed by atoms with Gasteiger partial charge in [0.05, 0.1) is 18.3 Å². The van der Waals surface area contributed by atoms with Gasteiger partial charge < -0.3 is 9.64 Å². The van der Waals surface area contributed by atoms with E-state index in [4.69, 9.17) is 4.74 Å². The van der Waals surface area contributed by atoms with E-state index in [1.807, 2.05) is 42.2 Å². The second-order valence-corrected chi connectivity index (χ2v) is 6.61. The third kappa shape index (κ3) is 4.24. The highest BCUT2D eigenvalue weighted by molar-refractivity contribution is 8.00. The minimum Gasteiger partial charge on any atom is -0.469 e. The summed E-state index contributed by atoms with van der Waals surface area (Å²) >= 11 is 1.57. The Labute approximate surface area is 129 Å². The molecule has 4 nitrogen and oxygen atoms in total. The monoisotopic (exact) mass is 307 g/mol. The molecule has 0 N–H and O–H groups in total. The van der Waals surface area contributed by atoms with Crippen LogP contribution in [0.3, 0.4) is 0 Å². The van der Waals surface area contributed by atoms with Crippen molar-refractivity contribution in [1.82, 2.24) is 4.90 Å². The fourth-order valence-electron chi connectivity index (χ4n) is 2.51.